The summed E-state index contributed by atoms with van der Waals surface area (Å²) in [4.78, 5) is 20.6. The van der Waals surface area contributed by atoms with Crippen LogP contribution in [0.1, 0.15) is 0 Å². The number of carbonyl (C=O) groups is 1. The molecule has 0 spiro atoms. The van der Waals surface area contributed by atoms with Crippen molar-refractivity contribution >= 4 is 27.8 Å². The van der Waals surface area contributed by atoms with E-state index in [0.29, 0.717) is 13.1 Å². The van der Waals surface area contributed by atoms with Gasteiger partial charge in [0, 0.05) is 33.3 Å². The average Bonchev–Trinajstić information content (AvgIpc) is 2.24. The molecular formula is C9H14BrN5O. The van der Waals surface area contributed by atoms with E-state index in [0.717, 1.165) is 10.4 Å². The minimum absolute atomic E-state index is 0.106. The topological polar surface area (TPSA) is 70.2 Å². The van der Waals surface area contributed by atoms with E-state index in [4.69, 9.17) is 0 Å². The van der Waals surface area contributed by atoms with Crippen LogP contribution in [0.2, 0.25) is 0 Å². The molecule has 0 bridgehead atoms. The summed E-state index contributed by atoms with van der Waals surface area (Å²) < 4.78 is 0.724. The van der Waals surface area contributed by atoms with Gasteiger partial charge >= 0.3 is 6.03 Å². The molecule has 1 aromatic rings. The van der Waals surface area contributed by atoms with Crippen LogP contribution in [0.3, 0.4) is 0 Å². The summed E-state index contributed by atoms with van der Waals surface area (Å²) in [6, 6.07) is 1.67. The van der Waals surface area contributed by atoms with Gasteiger partial charge in [-0.05, 0) is 15.9 Å². The number of nitrogens with one attached hydrogen (secondary N) is 2. The largest absolute Gasteiger partial charge is 0.368 e. The molecule has 0 aliphatic rings. The number of anilines is 1. The second-order valence-electron chi connectivity index (χ2n) is 3.28. The van der Waals surface area contributed by atoms with Crippen molar-refractivity contribution in [2.45, 2.75) is 0 Å². The number of hydrogen-bond donors (Lipinski definition) is 2. The Morgan fingerprint density at radius 1 is 1.44 bits per heavy atom. The molecule has 0 aromatic carbocycles. The molecule has 7 heteroatoms. The van der Waals surface area contributed by atoms with Gasteiger partial charge in [-0.25, -0.2) is 14.8 Å². The summed E-state index contributed by atoms with van der Waals surface area (Å²) in [6.07, 6.45) is 1.46. The van der Waals surface area contributed by atoms with Gasteiger partial charge in [0.25, 0.3) is 0 Å². The van der Waals surface area contributed by atoms with E-state index in [1.165, 1.54) is 11.2 Å². The fourth-order valence-electron chi connectivity index (χ4n) is 0.948. The summed E-state index contributed by atoms with van der Waals surface area (Å²) in [7, 11) is 3.40. The lowest BCUT2D eigenvalue weighted by atomic mass is 10.5. The third-order valence-corrected chi connectivity index (χ3v) is 2.18. The zero-order chi connectivity index (χ0) is 12.0. The van der Waals surface area contributed by atoms with Gasteiger partial charge in [-0.3, -0.25) is 0 Å². The highest BCUT2D eigenvalue weighted by atomic mass is 79.9. The van der Waals surface area contributed by atoms with Crippen LogP contribution in [0, 0.1) is 0 Å². The number of halogens is 1. The standard InChI is InChI=1S/C9H14BrN5O/c1-15(2)9(16)12-4-3-11-8-5-7(10)13-6-14-8/h5-6H,3-4H2,1-2H3,(H,12,16)(H,11,13,14). The van der Waals surface area contributed by atoms with Crippen molar-refractivity contribution in [1.29, 1.82) is 0 Å². The Morgan fingerprint density at radius 2 is 2.19 bits per heavy atom. The molecule has 0 saturated carbocycles. The highest BCUT2D eigenvalue weighted by molar-refractivity contribution is 9.10. The van der Waals surface area contributed by atoms with Crippen LogP contribution in [-0.4, -0.2) is 48.1 Å². The molecule has 0 unspecified atom stereocenters. The molecule has 2 N–H and O–H groups in total. The molecule has 88 valence electrons. The van der Waals surface area contributed by atoms with Crippen molar-refractivity contribution in [1.82, 2.24) is 20.2 Å². The monoisotopic (exact) mass is 287 g/mol. The van der Waals surface area contributed by atoms with Gasteiger partial charge in [-0.1, -0.05) is 0 Å². The summed E-state index contributed by atoms with van der Waals surface area (Å²) >= 11 is 3.25. The summed E-state index contributed by atoms with van der Waals surface area (Å²) in [6.45, 7) is 1.15. The predicted octanol–water partition coefficient (Wildman–Crippen LogP) is 0.922. The smallest absolute Gasteiger partial charge is 0.316 e. The zero-order valence-corrected chi connectivity index (χ0v) is 10.8. The average molecular weight is 288 g/mol. The molecular weight excluding hydrogens is 274 g/mol. The molecule has 16 heavy (non-hydrogen) atoms. The normalized spacial score (nSPS) is 9.69. The maximum Gasteiger partial charge on any atom is 0.316 e. The first-order chi connectivity index (χ1) is 7.59. The van der Waals surface area contributed by atoms with Crippen molar-refractivity contribution in [3.8, 4) is 0 Å². The van der Waals surface area contributed by atoms with Crippen molar-refractivity contribution in [3.05, 3.63) is 17.0 Å². The van der Waals surface area contributed by atoms with Crippen LogP contribution in [-0.2, 0) is 0 Å². The van der Waals surface area contributed by atoms with Crippen LogP contribution in [0.15, 0.2) is 17.0 Å². The van der Waals surface area contributed by atoms with E-state index >= 15 is 0 Å². The number of hydrogen-bond acceptors (Lipinski definition) is 4. The Hall–Kier alpha value is -1.37. The molecule has 2 amide bonds. The van der Waals surface area contributed by atoms with Gasteiger partial charge < -0.3 is 15.5 Å². The van der Waals surface area contributed by atoms with E-state index in [9.17, 15) is 4.79 Å². The van der Waals surface area contributed by atoms with Crippen molar-refractivity contribution in [2.24, 2.45) is 0 Å². The van der Waals surface area contributed by atoms with E-state index in [-0.39, 0.29) is 6.03 Å². The van der Waals surface area contributed by atoms with Crippen LogP contribution in [0.5, 0.6) is 0 Å². The maximum absolute atomic E-state index is 11.2. The second-order valence-corrected chi connectivity index (χ2v) is 4.09. The zero-order valence-electron chi connectivity index (χ0n) is 9.20. The third kappa shape index (κ3) is 4.43. The first-order valence-electron chi connectivity index (χ1n) is 4.76. The number of urea groups is 1. The maximum atomic E-state index is 11.2. The van der Waals surface area contributed by atoms with Gasteiger partial charge in [-0.15, -0.1) is 0 Å². The Labute approximate surface area is 103 Å². The van der Waals surface area contributed by atoms with Crippen LogP contribution >= 0.6 is 15.9 Å². The molecule has 0 radical (unpaired) electrons. The van der Waals surface area contributed by atoms with Gasteiger partial charge in [0.2, 0.25) is 0 Å². The molecule has 0 atom stereocenters. The minimum atomic E-state index is -0.106. The minimum Gasteiger partial charge on any atom is -0.368 e. The Bertz CT molecular complexity index is 358. The molecule has 6 nitrogen and oxygen atoms in total. The van der Waals surface area contributed by atoms with Crippen molar-refractivity contribution in [2.75, 3.05) is 32.5 Å². The lowest BCUT2D eigenvalue weighted by Gasteiger charge is -2.12. The Kier molecular flexibility index (Phi) is 4.97. The fourth-order valence-corrected chi connectivity index (χ4v) is 1.26. The van der Waals surface area contributed by atoms with Gasteiger partial charge in [0.1, 0.15) is 16.7 Å². The SMILES string of the molecule is CN(C)C(=O)NCCNc1cc(Br)ncn1. The Morgan fingerprint density at radius 3 is 2.81 bits per heavy atom. The highest BCUT2D eigenvalue weighted by Gasteiger charge is 2.01. The molecule has 0 aliphatic carbocycles. The molecule has 0 aliphatic heterocycles. The lowest BCUT2D eigenvalue weighted by molar-refractivity contribution is 0.218. The third-order valence-electron chi connectivity index (χ3n) is 1.75. The molecule has 0 fully saturated rings. The second kappa shape index (κ2) is 6.26. The highest BCUT2D eigenvalue weighted by Crippen LogP contribution is 2.08. The summed E-state index contributed by atoms with van der Waals surface area (Å²) in [5.74, 6) is 0.723. The van der Waals surface area contributed by atoms with Crippen LogP contribution in [0.25, 0.3) is 0 Å². The van der Waals surface area contributed by atoms with E-state index < -0.39 is 0 Å². The van der Waals surface area contributed by atoms with Crippen LogP contribution < -0.4 is 10.6 Å². The van der Waals surface area contributed by atoms with Crippen molar-refractivity contribution < 1.29 is 4.79 Å². The molecule has 1 aromatic heterocycles. The number of carbonyl (C=O) groups excluding carboxylic acids is 1. The number of amides is 2. The molecule has 0 saturated heterocycles. The Balaban J connectivity index is 2.23. The summed E-state index contributed by atoms with van der Waals surface area (Å²) in [5, 5.41) is 5.80. The number of aromatic nitrogens is 2. The van der Waals surface area contributed by atoms with Gasteiger partial charge in [-0.2, -0.15) is 0 Å². The first kappa shape index (κ1) is 12.7. The quantitative estimate of drug-likeness (QED) is 0.638. The lowest BCUT2D eigenvalue weighted by Crippen LogP contribution is -2.37. The summed E-state index contributed by atoms with van der Waals surface area (Å²) in [5.41, 5.74) is 0. The van der Waals surface area contributed by atoms with E-state index in [2.05, 4.69) is 36.5 Å². The van der Waals surface area contributed by atoms with Crippen molar-refractivity contribution in [3.63, 3.8) is 0 Å². The first-order valence-corrected chi connectivity index (χ1v) is 5.55. The van der Waals surface area contributed by atoms with E-state index in [1.54, 1.807) is 20.2 Å². The fraction of sp³-hybridized carbons (Fsp3) is 0.444. The van der Waals surface area contributed by atoms with Gasteiger partial charge in [0.15, 0.2) is 0 Å². The van der Waals surface area contributed by atoms with Gasteiger partial charge in [0.05, 0.1) is 0 Å². The molecule has 1 rings (SSSR count). The molecule has 1 heterocycles. The number of rotatable bonds is 4. The predicted molar refractivity (Wildman–Crippen MR) is 65.3 cm³/mol. The van der Waals surface area contributed by atoms with Crippen LogP contribution in [0.4, 0.5) is 10.6 Å². The number of nitrogens with zero attached hydrogens (tertiary/aromatic N) is 3. The van der Waals surface area contributed by atoms with E-state index in [1.807, 2.05) is 0 Å².